The maximum absolute atomic E-state index is 11.6. The molecular weight excluding hydrogens is 236 g/mol. The molecule has 0 saturated heterocycles. The van der Waals surface area contributed by atoms with Crippen LogP contribution in [0.2, 0.25) is 0 Å². The second kappa shape index (κ2) is 8.54. The number of hydrogen-bond acceptors (Lipinski definition) is 2. The molecule has 0 aliphatic heterocycles. The van der Waals surface area contributed by atoms with E-state index < -0.39 is 0 Å². The molecular formula is C17H16O2. The largest absolute Gasteiger partial charge is 0.507 e. The SMILES string of the molecule is C#CC/C=C\C=C/CC(=O)/C=C(\O)c1ccccc1. The zero-order valence-electron chi connectivity index (χ0n) is 10.6. The quantitative estimate of drug-likeness (QED) is 0.363. The van der Waals surface area contributed by atoms with E-state index in [-0.39, 0.29) is 18.0 Å². The summed E-state index contributed by atoms with van der Waals surface area (Å²) in [6.07, 6.45) is 14.3. The van der Waals surface area contributed by atoms with Crippen molar-refractivity contribution in [3.63, 3.8) is 0 Å². The van der Waals surface area contributed by atoms with Gasteiger partial charge in [-0.1, -0.05) is 54.6 Å². The van der Waals surface area contributed by atoms with Crippen molar-refractivity contribution in [1.82, 2.24) is 0 Å². The average Bonchev–Trinajstić information content (AvgIpc) is 2.43. The van der Waals surface area contributed by atoms with Crippen LogP contribution in [-0.4, -0.2) is 10.9 Å². The summed E-state index contributed by atoms with van der Waals surface area (Å²) < 4.78 is 0. The number of rotatable bonds is 6. The minimum absolute atomic E-state index is 0.0122. The second-order valence-electron chi connectivity index (χ2n) is 3.83. The van der Waals surface area contributed by atoms with Crippen LogP contribution in [0.4, 0.5) is 0 Å². The van der Waals surface area contributed by atoms with E-state index >= 15 is 0 Å². The van der Waals surface area contributed by atoms with Crippen molar-refractivity contribution in [3.05, 3.63) is 66.3 Å². The van der Waals surface area contributed by atoms with Crippen LogP contribution in [0.1, 0.15) is 18.4 Å². The molecule has 1 rings (SSSR count). The maximum Gasteiger partial charge on any atom is 0.163 e. The highest BCUT2D eigenvalue weighted by atomic mass is 16.3. The highest BCUT2D eigenvalue weighted by Crippen LogP contribution is 2.10. The molecule has 1 N–H and O–H groups in total. The van der Waals surface area contributed by atoms with Gasteiger partial charge < -0.3 is 5.11 Å². The van der Waals surface area contributed by atoms with Gasteiger partial charge in [0.15, 0.2) is 5.78 Å². The van der Waals surface area contributed by atoms with Crippen molar-refractivity contribution in [1.29, 1.82) is 0 Å². The summed E-state index contributed by atoms with van der Waals surface area (Å²) in [7, 11) is 0. The Balaban J connectivity index is 2.49. The molecule has 0 radical (unpaired) electrons. The Morgan fingerprint density at radius 2 is 1.89 bits per heavy atom. The third-order valence-electron chi connectivity index (χ3n) is 2.31. The molecule has 0 atom stereocenters. The lowest BCUT2D eigenvalue weighted by Gasteiger charge is -1.98. The Morgan fingerprint density at radius 3 is 2.58 bits per heavy atom. The van der Waals surface area contributed by atoms with Gasteiger partial charge in [0, 0.05) is 24.5 Å². The molecule has 0 unspecified atom stereocenters. The fraction of sp³-hybridized carbons (Fsp3) is 0.118. The molecule has 2 heteroatoms. The Kier molecular flexibility index (Phi) is 6.53. The number of hydrogen-bond donors (Lipinski definition) is 1. The van der Waals surface area contributed by atoms with Crippen LogP contribution in [-0.2, 0) is 4.79 Å². The molecule has 0 aliphatic carbocycles. The summed E-state index contributed by atoms with van der Waals surface area (Å²) in [6, 6.07) is 8.96. The molecule has 1 aromatic rings. The van der Waals surface area contributed by atoms with Gasteiger partial charge in [0.2, 0.25) is 0 Å². The summed E-state index contributed by atoms with van der Waals surface area (Å²) in [5.41, 5.74) is 0.633. The van der Waals surface area contributed by atoms with Gasteiger partial charge in [0.1, 0.15) is 5.76 Å². The molecule has 19 heavy (non-hydrogen) atoms. The van der Waals surface area contributed by atoms with Crippen molar-refractivity contribution < 1.29 is 9.90 Å². The van der Waals surface area contributed by atoms with Gasteiger partial charge in [-0.05, 0) is 0 Å². The number of benzene rings is 1. The third-order valence-corrected chi connectivity index (χ3v) is 2.31. The highest BCUT2D eigenvalue weighted by molar-refractivity contribution is 5.96. The number of aliphatic hydroxyl groups excluding tert-OH is 1. The first-order valence-corrected chi connectivity index (χ1v) is 5.98. The van der Waals surface area contributed by atoms with Gasteiger partial charge in [-0.15, -0.1) is 12.3 Å². The van der Waals surface area contributed by atoms with E-state index in [1.807, 2.05) is 12.1 Å². The number of ketones is 1. The monoisotopic (exact) mass is 252 g/mol. The van der Waals surface area contributed by atoms with Crippen molar-refractivity contribution in [3.8, 4) is 12.3 Å². The fourth-order valence-electron chi connectivity index (χ4n) is 1.38. The fourth-order valence-corrected chi connectivity index (χ4v) is 1.38. The van der Waals surface area contributed by atoms with Crippen molar-refractivity contribution >= 4 is 11.5 Å². The average molecular weight is 252 g/mol. The standard InChI is InChI=1S/C17H16O2/c1-2-3-4-5-6-10-13-16(18)14-17(19)15-11-8-7-9-12-15/h1,4-12,14,19H,3,13H2/b5-4-,10-6-,17-14-. The van der Waals surface area contributed by atoms with E-state index in [1.54, 1.807) is 42.5 Å². The van der Waals surface area contributed by atoms with Crippen LogP contribution < -0.4 is 0 Å². The van der Waals surface area contributed by atoms with E-state index in [1.165, 1.54) is 6.08 Å². The molecule has 0 bridgehead atoms. The molecule has 96 valence electrons. The molecule has 0 amide bonds. The summed E-state index contributed by atoms with van der Waals surface area (Å²) in [5.74, 6) is 2.32. The predicted octanol–water partition coefficient (Wildman–Crippen LogP) is 3.68. The first-order chi connectivity index (χ1) is 9.24. The normalized spacial score (nSPS) is 11.8. The number of carbonyl (C=O) groups is 1. The van der Waals surface area contributed by atoms with E-state index in [9.17, 15) is 9.90 Å². The van der Waals surface area contributed by atoms with E-state index in [0.717, 1.165) is 0 Å². The number of aliphatic hydroxyl groups is 1. The van der Waals surface area contributed by atoms with Crippen LogP contribution in [0.25, 0.3) is 5.76 Å². The van der Waals surface area contributed by atoms with Crippen LogP contribution in [0.5, 0.6) is 0 Å². The second-order valence-corrected chi connectivity index (χ2v) is 3.83. The summed E-state index contributed by atoms with van der Waals surface area (Å²) >= 11 is 0. The Labute approximate surface area is 113 Å². The topological polar surface area (TPSA) is 37.3 Å². The molecule has 0 spiro atoms. The van der Waals surface area contributed by atoms with E-state index in [2.05, 4.69) is 5.92 Å². The predicted molar refractivity (Wildman–Crippen MR) is 78.4 cm³/mol. The lowest BCUT2D eigenvalue weighted by Crippen LogP contribution is -1.92. The van der Waals surface area contributed by atoms with Gasteiger partial charge >= 0.3 is 0 Å². The van der Waals surface area contributed by atoms with Crippen LogP contribution in [0, 0.1) is 12.3 Å². The first-order valence-electron chi connectivity index (χ1n) is 5.98. The lowest BCUT2D eigenvalue weighted by atomic mass is 10.1. The van der Waals surface area contributed by atoms with Gasteiger partial charge in [0.25, 0.3) is 0 Å². The summed E-state index contributed by atoms with van der Waals surface area (Å²) in [5, 5.41) is 9.74. The Bertz CT molecular complexity index is 528. The number of carbonyl (C=O) groups excluding carboxylic acids is 1. The lowest BCUT2D eigenvalue weighted by molar-refractivity contribution is -0.113. The van der Waals surface area contributed by atoms with Crippen LogP contribution in [0.3, 0.4) is 0 Å². The number of allylic oxidation sites excluding steroid dienone is 5. The van der Waals surface area contributed by atoms with Gasteiger partial charge in [-0.2, -0.15) is 0 Å². The number of terminal acetylenes is 1. The molecule has 0 saturated carbocycles. The molecule has 0 aliphatic rings. The minimum atomic E-state index is -0.150. The highest BCUT2D eigenvalue weighted by Gasteiger charge is 2.00. The molecule has 0 fully saturated rings. The van der Waals surface area contributed by atoms with E-state index in [4.69, 9.17) is 6.42 Å². The first kappa shape index (κ1) is 14.5. The van der Waals surface area contributed by atoms with Gasteiger partial charge in [-0.3, -0.25) is 4.79 Å². The smallest absolute Gasteiger partial charge is 0.163 e. The molecule has 2 nitrogen and oxygen atoms in total. The Morgan fingerprint density at radius 1 is 1.21 bits per heavy atom. The van der Waals surface area contributed by atoms with Crippen LogP contribution in [0.15, 0.2) is 60.7 Å². The van der Waals surface area contributed by atoms with Crippen molar-refractivity contribution in [2.75, 3.05) is 0 Å². The van der Waals surface area contributed by atoms with Crippen molar-refractivity contribution in [2.24, 2.45) is 0 Å². The summed E-state index contributed by atoms with van der Waals surface area (Å²) in [6.45, 7) is 0. The molecule has 0 heterocycles. The van der Waals surface area contributed by atoms with Crippen LogP contribution >= 0.6 is 0 Å². The molecule has 1 aromatic carbocycles. The van der Waals surface area contributed by atoms with Gasteiger partial charge in [-0.25, -0.2) is 0 Å². The summed E-state index contributed by atoms with van der Waals surface area (Å²) in [4.78, 5) is 11.6. The third kappa shape index (κ3) is 6.09. The zero-order valence-corrected chi connectivity index (χ0v) is 10.6. The van der Waals surface area contributed by atoms with Crippen molar-refractivity contribution in [2.45, 2.75) is 12.8 Å². The molecule has 0 aromatic heterocycles. The Hall–Kier alpha value is -2.53. The van der Waals surface area contributed by atoms with E-state index in [0.29, 0.717) is 12.0 Å². The zero-order chi connectivity index (χ0) is 13.9. The minimum Gasteiger partial charge on any atom is -0.507 e. The maximum atomic E-state index is 11.6. The van der Waals surface area contributed by atoms with Gasteiger partial charge in [0.05, 0.1) is 0 Å².